The van der Waals surface area contributed by atoms with Gasteiger partial charge in [0.15, 0.2) is 0 Å². The Morgan fingerprint density at radius 3 is 2.55 bits per heavy atom. The van der Waals surface area contributed by atoms with Crippen LogP contribution in [0.3, 0.4) is 0 Å². The fraction of sp³-hybridized carbons (Fsp3) is 0.412. The van der Waals surface area contributed by atoms with Gasteiger partial charge in [0.1, 0.15) is 5.75 Å². The summed E-state index contributed by atoms with van der Waals surface area (Å²) in [5, 5.41) is 2.32. The average molecular weight is 273 g/mol. The van der Waals surface area contributed by atoms with Crippen LogP contribution in [0.25, 0.3) is 10.8 Å². The van der Waals surface area contributed by atoms with Crippen LogP contribution in [-0.2, 0) is 4.74 Å². The third kappa shape index (κ3) is 3.50. The van der Waals surface area contributed by atoms with Crippen molar-refractivity contribution in [2.45, 2.75) is 25.8 Å². The van der Waals surface area contributed by atoms with Gasteiger partial charge < -0.3 is 15.2 Å². The second-order valence-corrected chi connectivity index (χ2v) is 5.04. The van der Waals surface area contributed by atoms with Crippen molar-refractivity contribution in [3.05, 3.63) is 42.0 Å². The van der Waals surface area contributed by atoms with Crippen molar-refractivity contribution < 1.29 is 9.47 Å². The molecule has 2 aromatic rings. The molecular weight excluding hydrogens is 250 g/mol. The predicted octanol–water partition coefficient (Wildman–Crippen LogP) is 3.66. The highest BCUT2D eigenvalue weighted by Crippen LogP contribution is 2.33. The predicted molar refractivity (Wildman–Crippen MR) is 83.2 cm³/mol. The lowest BCUT2D eigenvalue weighted by atomic mass is 10.0. The Bertz CT molecular complexity index is 552. The number of unbranched alkanes of at least 4 members (excludes halogenated alkanes) is 1. The summed E-state index contributed by atoms with van der Waals surface area (Å²) in [5.41, 5.74) is 7.12. The number of hydrogen-bond donors (Lipinski definition) is 1. The third-order valence-electron chi connectivity index (χ3n) is 3.39. The van der Waals surface area contributed by atoms with Crippen LogP contribution >= 0.6 is 0 Å². The molecular formula is C17H23NO2. The van der Waals surface area contributed by atoms with Crippen molar-refractivity contribution in [1.82, 2.24) is 0 Å². The van der Waals surface area contributed by atoms with Gasteiger partial charge in [0.2, 0.25) is 0 Å². The second kappa shape index (κ2) is 7.27. The molecule has 2 aromatic carbocycles. The van der Waals surface area contributed by atoms with Crippen LogP contribution < -0.4 is 10.5 Å². The topological polar surface area (TPSA) is 44.5 Å². The van der Waals surface area contributed by atoms with Crippen LogP contribution in [0.5, 0.6) is 5.75 Å². The molecule has 1 atom stereocenters. The zero-order valence-electron chi connectivity index (χ0n) is 12.3. The Hall–Kier alpha value is -1.58. The van der Waals surface area contributed by atoms with E-state index in [9.17, 15) is 0 Å². The maximum absolute atomic E-state index is 6.06. The van der Waals surface area contributed by atoms with Gasteiger partial charge in [-0.15, -0.1) is 0 Å². The van der Waals surface area contributed by atoms with Crippen LogP contribution in [0.4, 0.5) is 0 Å². The fourth-order valence-corrected chi connectivity index (χ4v) is 2.30. The standard InChI is InChI=1S/C17H23NO2/c1-13(18)15-10-9-14-7-3-4-8-16(14)17(15)20-12-6-5-11-19-2/h3-4,7-10,13H,5-6,11-12,18H2,1-2H3/t13-/m1/s1. The molecule has 0 unspecified atom stereocenters. The molecule has 0 spiro atoms. The monoisotopic (exact) mass is 273 g/mol. The van der Waals surface area contributed by atoms with E-state index in [0.717, 1.165) is 36.1 Å². The molecule has 2 N–H and O–H groups in total. The van der Waals surface area contributed by atoms with Gasteiger partial charge in [0.05, 0.1) is 6.61 Å². The molecule has 3 heteroatoms. The van der Waals surface area contributed by atoms with E-state index in [1.54, 1.807) is 7.11 Å². The number of methoxy groups -OCH3 is 1. The van der Waals surface area contributed by atoms with E-state index in [0.29, 0.717) is 6.61 Å². The van der Waals surface area contributed by atoms with Crippen LogP contribution in [0.2, 0.25) is 0 Å². The number of nitrogens with two attached hydrogens (primary N) is 1. The van der Waals surface area contributed by atoms with Crippen molar-refractivity contribution in [3.63, 3.8) is 0 Å². The van der Waals surface area contributed by atoms with Crippen LogP contribution in [0.1, 0.15) is 31.4 Å². The number of benzene rings is 2. The Balaban J connectivity index is 2.21. The highest BCUT2D eigenvalue weighted by molar-refractivity contribution is 5.89. The smallest absolute Gasteiger partial charge is 0.131 e. The number of hydrogen-bond acceptors (Lipinski definition) is 3. The highest BCUT2D eigenvalue weighted by Gasteiger charge is 2.11. The molecule has 0 bridgehead atoms. The van der Waals surface area contributed by atoms with E-state index in [1.165, 1.54) is 5.39 Å². The van der Waals surface area contributed by atoms with Gasteiger partial charge in [0.25, 0.3) is 0 Å². The minimum absolute atomic E-state index is 0.0337. The summed E-state index contributed by atoms with van der Waals surface area (Å²) in [7, 11) is 1.72. The Morgan fingerprint density at radius 2 is 1.80 bits per heavy atom. The number of fused-ring (bicyclic) bond motifs is 1. The van der Waals surface area contributed by atoms with Crippen LogP contribution in [0, 0.1) is 0 Å². The zero-order chi connectivity index (χ0) is 14.4. The molecule has 0 aromatic heterocycles. The van der Waals surface area contributed by atoms with Crippen molar-refractivity contribution >= 4 is 10.8 Å². The molecule has 0 aliphatic heterocycles. The molecule has 0 fully saturated rings. The zero-order valence-corrected chi connectivity index (χ0v) is 12.3. The lowest BCUT2D eigenvalue weighted by Crippen LogP contribution is -2.09. The first kappa shape index (κ1) is 14.8. The summed E-state index contributed by atoms with van der Waals surface area (Å²) < 4.78 is 11.1. The molecule has 0 radical (unpaired) electrons. The quantitative estimate of drug-likeness (QED) is 0.783. The molecule has 20 heavy (non-hydrogen) atoms. The molecule has 3 nitrogen and oxygen atoms in total. The molecule has 0 aliphatic rings. The van der Waals surface area contributed by atoms with Crippen molar-refractivity contribution in [2.75, 3.05) is 20.3 Å². The highest BCUT2D eigenvalue weighted by atomic mass is 16.5. The van der Waals surface area contributed by atoms with Gasteiger partial charge in [-0.2, -0.15) is 0 Å². The molecule has 0 aliphatic carbocycles. The minimum Gasteiger partial charge on any atom is -0.493 e. The van der Waals surface area contributed by atoms with E-state index in [4.69, 9.17) is 15.2 Å². The van der Waals surface area contributed by atoms with Crippen LogP contribution in [-0.4, -0.2) is 20.3 Å². The number of ether oxygens (including phenoxy) is 2. The number of rotatable bonds is 7. The maximum Gasteiger partial charge on any atom is 0.131 e. The van der Waals surface area contributed by atoms with E-state index >= 15 is 0 Å². The SMILES string of the molecule is COCCCCOc1c([C@@H](C)N)ccc2ccccc12. The van der Waals surface area contributed by atoms with Gasteiger partial charge in [-0.05, 0) is 25.2 Å². The normalized spacial score (nSPS) is 12.6. The van der Waals surface area contributed by atoms with Gasteiger partial charge in [-0.1, -0.05) is 36.4 Å². The third-order valence-corrected chi connectivity index (χ3v) is 3.39. The van der Waals surface area contributed by atoms with Gasteiger partial charge in [-0.3, -0.25) is 0 Å². The van der Waals surface area contributed by atoms with Gasteiger partial charge in [-0.25, -0.2) is 0 Å². The van der Waals surface area contributed by atoms with Crippen LogP contribution in [0.15, 0.2) is 36.4 Å². The summed E-state index contributed by atoms with van der Waals surface area (Å²) >= 11 is 0. The summed E-state index contributed by atoms with van der Waals surface area (Å²) in [6.45, 7) is 3.46. The van der Waals surface area contributed by atoms with E-state index in [1.807, 2.05) is 19.1 Å². The Kier molecular flexibility index (Phi) is 5.39. The molecule has 2 rings (SSSR count). The van der Waals surface area contributed by atoms with E-state index in [-0.39, 0.29) is 6.04 Å². The largest absolute Gasteiger partial charge is 0.493 e. The lowest BCUT2D eigenvalue weighted by Gasteiger charge is -2.16. The summed E-state index contributed by atoms with van der Waals surface area (Å²) in [6, 6.07) is 12.4. The first-order valence-electron chi connectivity index (χ1n) is 7.13. The molecule has 0 saturated carbocycles. The van der Waals surface area contributed by atoms with E-state index < -0.39 is 0 Å². The molecule has 0 heterocycles. The summed E-state index contributed by atoms with van der Waals surface area (Å²) in [4.78, 5) is 0. The first-order valence-corrected chi connectivity index (χ1v) is 7.13. The molecule has 0 saturated heterocycles. The lowest BCUT2D eigenvalue weighted by molar-refractivity contribution is 0.184. The van der Waals surface area contributed by atoms with Gasteiger partial charge >= 0.3 is 0 Å². The summed E-state index contributed by atoms with van der Waals surface area (Å²) in [6.07, 6.45) is 1.99. The Morgan fingerprint density at radius 1 is 1.05 bits per heavy atom. The fourth-order valence-electron chi connectivity index (χ4n) is 2.30. The van der Waals surface area contributed by atoms with E-state index in [2.05, 4.69) is 24.3 Å². The second-order valence-electron chi connectivity index (χ2n) is 5.04. The maximum atomic E-state index is 6.06. The van der Waals surface area contributed by atoms with Crippen molar-refractivity contribution in [3.8, 4) is 5.75 Å². The Labute approximate surface area is 120 Å². The van der Waals surface area contributed by atoms with Crippen molar-refractivity contribution in [2.24, 2.45) is 5.73 Å². The van der Waals surface area contributed by atoms with Crippen molar-refractivity contribution in [1.29, 1.82) is 0 Å². The average Bonchev–Trinajstić information content (AvgIpc) is 2.46. The molecule has 0 amide bonds. The molecule has 108 valence electrons. The summed E-state index contributed by atoms with van der Waals surface area (Å²) in [5.74, 6) is 0.926. The van der Waals surface area contributed by atoms with Gasteiger partial charge in [0, 0.05) is 30.7 Å². The first-order chi connectivity index (χ1) is 9.74. The minimum atomic E-state index is -0.0337.